The molecule has 0 atom stereocenters. The van der Waals surface area contributed by atoms with Crippen LogP contribution in [0.1, 0.15) is 16.7 Å². The van der Waals surface area contributed by atoms with E-state index in [1.807, 2.05) is 36.4 Å². The fourth-order valence-electron chi connectivity index (χ4n) is 5.71. The minimum Gasteiger partial charge on any atom is -0.491 e. The van der Waals surface area contributed by atoms with Gasteiger partial charge < -0.3 is 90.4 Å². The molecule has 0 heterocycles. The summed E-state index contributed by atoms with van der Waals surface area (Å²) in [4.78, 5) is 0. The zero-order valence-corrected chi connectivity index (χ0v) is 40.6. The first-order valence-electron chi connectivity index (χ1n) is 22.9. The Morgan fingerprint density at radius 2 is 0.456 bits per heavy atom. The molecular formula is C49H76O19. The molecule has 68 heavy (non-hydrogen) atoms. The second-order valence-electron chi connectivity index (χ2n) is 14.4. The molecule has 0 aliphatic rings. The SMILES string of the molecule is COCCOCCOCCOc1cc(COc2cc(CO)cc(OCc3cc(OCCOCCOCCOC)cc(OCCOCCOCCOC)c3)c2)cc(OCCOCCOCCOC)c1. The van der Waals surface area contributed by atoms with E-state index in [4.69, 9.17) is 85.3 Å². The molecule has 0 aliphatic heterocycles. The van der Waals surface area contributed by atoms with Crippen LogP contribution in [0.5, 0.6) is 34.5 Å². The van der Waals surface area contributed by atoms with Crippen LogP contribution < -0.4 is 28.4 Å². The van der Waals surface area contributed by atoms with Crippen LogP contribution in [-0.4, -0.2) is 192 Å². The first-order chi connectivity index (χ1) is 33.6. The first kappa shape index (κ1) is 58.3. The maximum absolute atomic E-state index is 10.2. The molecule has 0 fully saturated rings. The summed E-state index contributed by atoms with van der Waals surface area (Å²) >= 11 is 0. The standard InChI is InChI=1S/C49H76O19/c1-51-5-9-55-13-17-59-21-25-63-44-31-42(32-45(35-44)64-26-22-60-18-14-56-10-6-52-2)39-67-48-29-41(38-50)30-49(37-48)68-40-43-33-46(65-27-23-61-19-15-57-11-7-53-3)36-47(34-43)66-28-24-62-20-16-58-12-8-54-4/h29-37,50H,5-28,38-40H2,1-4H3. The number of methoxy groups -OCH3 is 4. The Kier molecular flexibility index (Phi) is 34.9. The Labute approximate surface area is 402 Å². The van der Waals surface area contributed by atoms with E-state index in [0.717, 1.165) is 11.1 Å². The molecule has 386 valence electrons. The zero-order valence-electron chi connectivity index (χ0n) is 40.6. The van der Waals surface area contributed by atoms with Crippen LogP contribution in [0.25, 0.3) is 0 Å². The van der Waals surface area contributed by atoms with E-state index in [2.05, 4.69) is 0 Å². The number of benzene rings is 3. The summed E-state index contributed by atoms with van der Waals surface area (Å²) < 4.78 is 101. The molecule has 0 saturated heterocycles. The van der Waals surface area contributed by atoms with Crippen molar-refractivity contribution in [3.63, 3.8) is 0 Å². The van der Waals surface area contributed by atoms with Gasteiger partial charge in [-0.2, -0.15) is 0 Å². The molecule has 19 heteroatoms. The maximum Gasteiger partial charge on any atom is 0.123 e. The van der Waals surface area contributed by atoms with Crippen molar-refractivity contribution in [3.8, 4) is 34.5 Å². The van der Waals surface area contributed by atoms with Gasteiger partial charge in [0.15, 0.2) is 0 Å². The molecule has 3 rings (SSSR count). The van der Waals surface area contributed by atoms with Crippen LogP contribution in [0.3, 0.4) is 0 Å². The van der Waals surface area contributed by atoms with E-state index in [1.54, 1.807) is 46.6 Å². The zero-order chi connectivity index (χ0) is 48.4. The minimum absolute atomic E-state index is 0.168. The van der Waals surface area contributed by atoms with Crippen LogP contribution in [0, 0.1) is 0 Å². The Bertz CT molecular complexity index is 1460. The van der Waals surface area contributed by atoms with Gasteiger partial charge in [0.1, 0.15) is 74.1 Å². The molecule has 0 aromatic heterocycles. The van der Waals surface area contributed by atoms with Crippen molar-refractivity contribution < 1.29 is 90.4 Å². The Morgan fingerprint density at radius 3 is 0.691 bits per heavy atom. The summed E-state index contributed by atoms with van der Waals surface area (Å²) in [5.41, 5.74) is 2.20. The van der Waals surface area contributed by atoms with E-state index in [1.165, 1.54) is 0 Å². The third-order valence-electron chi connectivity index (χ3n) is 9.01. The lowest BCUT2D eigenvalue weighted by Gasteiger charge is -2.15. The third-order valence-corrected chi connectivity index (χ3v) is 9.01. The number of hydrogen-bond acceptors (Lipinski definition) is 19. The van der Waals surface area contributed by atoms with Crippen LogP contribution >= 0.6 is 0 Å². The number of aliphatic hydroxyl groups excluding tert-OH is 1. The minimum atomic E-state index is -0.221. The van der Waals surface area contributed by atoms with Gasteiger partial charge in [0, 0.05) is 46.6 Å². The molecule has 0 bridgehead atoms. The lowest BCUT2D eigenvalue weighted by atomic mass is 10.2. The predicted molar refractivity (Wildman–Crippen MR) is 250 cm³/mol. The van der Waals surface area contributed by atoms with Crippen molar-refractivity contribution in [1.82, 2.24) is 0 Å². The van der Waals surface area contributed by atoms with Gasteiger partial charge in [0.25, 0.3) is 0 Å². The van der Waals surface area contributed by atoms with E-state index in [9.17, 15) is 5.11 Å². The molecule has 19 nitrogen and oxygen atoms in total. The Balaban J connectivity index is 1.63. The fraction of sp³-hybridized carbons (Fsp3) is 0.633. The van der Waals surface area contributed by atoms with Crippen molar-refractivity contribution in [2.45, 2.75) is 19.8 Å². The highest BCUT2D eigenvalue weighted by atomic mass is 16.6. The van der Waals surface area contributed by atoms with Gasteiger partial charge in [-0.15, -0.1) is 0 Å². The van der Waals surface area contributed by atoms with E-state index in [-0.39, 0.29) is 19.8 Å². The predicted octanol–water partition coefficient (Wildman–Crippen LogP) is 4.57. The summed E-state index contributed by atoms with van der Waals surface area (Å²) in [7, 11) is 6.53. The molecule has 0 aliphatic carbocycles. The highest BCUT2D eigenvalue weighted by Gasteiger charge is 2.11. The topological polar surface area (TPSA) is 186 Å². The van der Waals surface area contributed by atoms with Gasteiger partial charge in [-0.3, -0.25) is 0 Å². The van der Waals surface area contributed by atoms with E-state index < -0.39 is 0 Å². The molecule has 0 spiro atoms. The normalized spacial score (nSPS) is 11.2. The van der Waals surface area contributed by atoms with Crippen molar-refractivity contribution in [2.75, 3.05) is 187 Å². The summed E-state index contributed by atoms with van der Waals surface area (Å²) in [5.74, 6) is 3.34. The van der Waals surface area contributed by atoms with Gasteiger partial charge in [0.2, 0.25) is 0 Å². The van der Waals surface area contributed by atoms with Crippen molar-refractivity contribution in [1.29, 1.82) is 0 Å². The lowest BCUT2D eigenvalue weighted by Crippen LogP contribution is -2.13. The summed E-state index contributed by atoms with van der Waals surface area (Å²) in [6.45, 7) is 10.7. The second-order valence-corrected chi connectivity index (χ2v) is 14.4. The molecule has 0 radical (unpaired) electrons. The smallest absolute Gasteiger partial charge is 0.123 e. The van der Waals surface area contributed by atoms with Crippen molar-refractivity contribution in [3.05, 3.63) is 71.3 Å². The van der Waals surface area contributed by atoms with Crippen molar-refractivity contribution >= 4 is 0 Å². The van der Waals surface area contributed by atoms with Crippen LogP contribution in [0.2, 0.25) is 0 Å². The third kappa shape index (κ3) is 29.7. The average Bonchev–Trinajstić information content (AvgIpc) is 3.35. The maximum atomic E-state index is 10.2. The number of ether oxygens (including phenoxy) is 18. The van der Waals surface area contributed by atoms with Crippen LogP contribution in [0.4, 0.5) is 0 Å². The lowest BCUT2D eigenvalue weighted by molar-refractivity contribution is 0.0174. The number of hydrogen-bond donors (Lipinski definition) is 1. The molecular weight excluding hydrogens is 893 g/mol. The molecule has 1 N–H and O–H groups in total. The first-order valence-corrected chi connectivity index (χ1v) is 22.9. The Hall–Kier alpha value is -4.06. The van der Waals surface area contributed by atoms with Crippen molar-refractivity contribution in [2.24, 2.45) is 0 Å². The summed E-state index contributed by atoms with van der Waals surface area (Å²) in [6, 6.07) is 16.4. The van der Waals surface area contributed by atoms with E-state index >= 15 is 0 Å². The van der Waals surface area contributed by atoms with Gasteiger partial charge in [-0.05, 0) is 53.1 Å². The quantitative estimate of drug-likeness (QED) is 0.0776. The monoisotopic (exact) mass is 968 g/mol. The summed E-state index contributed by atoms with van der Waals surface area (Å²) in [6.07, 6.45) is 0. The average molecular weight is 969 g/mol. The highest BCUT2D eigenvalue weighted by molar-refractivity contribution is 5.42. The Morgan fingerprint density at radius 1 is 0.250 bits per heavy atom. The van der Waals surface area contributed by atoms with E-state index in [0.29, 0.717) is 199 Å². The second kappa shape index (κ2) is 40.8. The van der Waals surface area contributed by atoms with Crippen LogP contribution in [-0.2, 0) is 76.7 Å². The largest absolute Gasteiger partial charge is 0.491 e. The van der Waals surface area contributed by atoms with Gasteiger partial charge >= 0.3 is 0 Å². The number of aliphatic hydroxyl groups is 1. The van der Waals surface area contributed by atoms with Gasteiger partial charge in [0.05, 0.1) is 139 Å². The summed E-state index contributed by atoms with van der Waals surface area (Å²) in [5, 5.41) is 10.2. The molecule has 0 unspecified atom stereocenters. The molecule has 3 aromatic carbocycles. The van der Waals surface area contributed by atoms with Crippen LogP contribution in [0.15, 0.2) is 54.6 Å². The molecule has 0 amide bonds. The number of rotatable bonds is 47. The van der Waals surface area contributed by atoms with Gasteiger partial charge in [-0.25, -0.2) is 0 Å². The van der Waals surface area contributed by atoms with Gasteiger partial charge in [-0.1, -0.05) is 0 Å². The molecule has 0 saturated carbocycles. The molecule has 3 aromatic rings. The highest BCUT2D eigenvalue weighted by Crippen LogP contribution is 2.29. The fourth-order valence-corrected chi connectivity index (χ4v) is 5.71.